The van der Waals surface area contributed by atoms with E-state index in [1.165, 1.54) is 0 Å². The molecule has 1 N–H and O–H groups in total. The highest BCUT2D eigenvalue weighted by Crippen LogP contribution is 2.24. The molecular formula is C16H22N2O2. The van der Waals surface area contributed by atoms with Crippen LogP contribution in [-0.4, -0.2) is 24.9 Å². The van der Waals surface area contributed by atoms with Gasteiger partial charge in [-0.1, -0.05) is 32.0 Å². The molecule has 1 aliphatic heterocycles. The number of carbonyl (C=O) groups is 2. The molecule has 4 nitrogen and oxygen atoms in total. The lowest BCUT2D eigenvalue weighted by atomic mass is 10.1. The average Bonchev–Trinajstić information content (AvgIpc) is 2.81. The molecule has 1 atom stereocenters. The van der Waals surface area contributed by atoms with E-state index in [1.54, 1.807) is 4.90 Å². The SMILES string of the molecule is CC(C)CCNC(=O)[C@@H]1CC(=O)N(c2ccccc2)C1. The van der Waals surface area contributed by atoms with Crippen LogP contribution < -0.4 is 10.2 Å². The van der Waals surface area contributed by atoms with Crippen molar-refractivity contribution in [3.8, 4) is 0 Å². The Labute approximate surface area is 120 Å². The maximum Gasteiger partial charge on any atom is 0.227 e. The number of para-hydroxylation sites is 1. The second-order valence-corrected chi connectivity index (χ2v) is 5.71. The molecule has 1 saturated heterocycles. The summed E-state index contributed by atoms with van der Waals surface area (Å²) in [6.07, 6.45) is 1.28. The Morgan fingerprint density at radius 2 is 2.05 bits per heavy atom. The van der Waals surface area contributed by atoms with Crippen molar-refractivity contribution in [2.75, 3.05) is 18.0 Å². The van der Waals surface area contributed by atoms with Crippen LogP contribution in [0.25, 0.3) is 0 Å². The summed E-state index contributed by atoms with van der Waals surface area (Å²) in [6.45, 7) is 5.42. The highest BCUT2D eigenvalue weighted by molar-refractivity contribution is 6.00. The third kappa shape index (κ3) is 3.59. The highest BCUT2D eigenvalue weighted by Gasteiger charge is 2.34. The summed E-state index contributed by atoms with van der Waals surface area (Å²) in [4.78, 5) is 25.8. The molecule has 0 spiro atoms. The van der Waals surface area contributed by atoms with Crippen LogP contribution in [0.4, 0.5) is 5.69 Å². The maximum atomic E-state index is 12.1. The first-order chi connectivity index (χ1) is 9.58. The lowest BCUT2D eigenvalue weighted by Crippen LogP contribution is -2.33. The first-order valence-corrected chi connectivity index (χ1v) is 7.21. The van der Waals surface area contributed by atoms with E-state index in [-0.39, 0.29) is 17.7 Å². The lowest BCUT2D eigenvalue weighted by molar-refractivity contribution is -0.126. The molecule has 1 aromatic rings. The van der Waals surface area contributed by atoms with Gasteiger partial charge in [-0.25, -0.2) is 0 Å². The summed E-state index contributed by atoms with van der Waals surface area (Å²) >= 11 is 0. The van der Waals surface area contributed by atoms with Crippen LogP contribution in [0.5, 0.6) is 0 Å². The summed E-state index contributed by atoms with van der Waals surface area (Å²) in [7, 11) is 0. The summed E-state index contributed by atoms with van der Waals surface area (Å²) in [5.74, 6) is 0.369. The van der Waals surface area contributed by atoms with E-state index in [0.717, 1.165) is 12.1 Å². The Bertz CT molecular complexity index is 471. The Hall–Kier alpha value is -1.84. The average molecular weight is 274 g/mol. The van der Waals surface area contributed by atoms with Gasteiger partial charge in [0.2, 0.25) is 11.8 Å². The van der Waals surface area contributed by atoms with Crippen molar-refractivity contribution in [2.24, 2.45) is 11.8 Å². The molecule has 108 valence electrons. The number of hydrogen-bond acceptors (Lipinski definition) is 2. The van der Waals surface area contributed by atoms with Gasteiger partial charge in [-0.15, -0.1) is 0 Å². The van der Waals surface area contributed by atoms with Crippen molar-refractivity contribution < 1.29 is 9.59 Å². The molecule has 1 heterocycles. The van der Waals surface area contributed by atoms with Crippen molar-refractivity contribution >= 4 is 17.5 Å². The summed E-state index contributed by atoms with van der Waals surface area (Å²) < 4.78 is 0. The van der Waals surface area contributed by atoms with Crippen LogP contribution in [0.3, 0.4) is 0 Å². The van der Waals surface area contributed by atoms with Crippen molar-refractivity contribution in [3.63, 3.8) is 0 Å². The van der Waals surface area contributed by atoms with Gasteiger partial charge in [0.25, 0.3) is 0 Å². The minimum Gasteiger partial charge on any atom is -0.356 e. The fraction of sp³-hybridized carbons (Fsp3) is 0.500. The van der Waals surface area contributed by atoms with Crippen LogP contribution in [0.15, 0.2) is 30.3 Å². The molecular weight excluding hydrogens is 252 g/mol. The predicted octanol–water partition coefficient (Wildman–Crippen LogP) is 2.20. The third-order valence-electron chi connectivity index (χ3n) is 3.58. The van der Waals surface area contributed by atoms with Crippen LogP contribution in [0, 0.1) is 11.8 Å². The van der Waals surface area contributed by atoms with Crippen LogP contribution in [0.2, 0.25) is 0 Å². The molecule has 20 heavy (non-hydrogen) atoms. The molecule has 2 amide bonds. The van der Waals surface area contributed by atoms with Gasteiger partial charge in [-0.2, -0.15) is 0 Å². The van der Waals surface area contributed by atoms with Crippen molar-refractivity contribution in [3.05, 3.63) is 30.3 Å². The molecule has 1 aromatic carbocycles. The molecule has 0 aromatic heterocycles. The molecule has 1 fully saturated rings. The van der Waals surface area contributed by atoms with E-state index in [4.69, 9.17) is 0 Å². The molecule has 0 aliphatic carbocycles. The number of rotatable bonds is 5. The Balaban J connectivity index is 1.90. The molecule has 0 bridgehead atoms. The summed E-state index contributed by atoms with van der Waals surface area (Å²) in [5, 5.41) is 2.93. The van der Waals surface area contributed by atoms with Crippen LogP contribution in [0.1, 0.15) is 26.7 Å². The van der Waals surface area contributed by atoms with E-state index in [1.807, 2.05) is 30.3 Å². The number of amides is 2. The van der Waals surface area contributed by atoms with Crippen LogP contribution >= 0.6 is 0 Å². The smallest absolute Gasteiger partial charge is 0.227 e. The Kier molecular flexibility index (Phi) is 4.77. The van der Waals surface area contributed by atoms with E-state index in [0.29, 0.717) is 25.4 Å². The fourth-order valence-corrected chi connectivity index (χ4v) is 2.37. The zero-order valence-corrected chi connectivity index (χ0v) is 12.1. The fourth-order valence-electron chi connectivity index (χ4n) is 2.37. The zero-order valence-electron chi connectivity index (χ0n) is 12.1. The van der Waals surface area contributed by atoms with E-state index < -0.39 is 0 Å². The van der Waals surface area contributed by atoms with Gasteiger partial charge in [-0.05, 0) is 24.5 Å². The van der Waals surface area contributed by atoms with E-state index in [2.05, 4.69) is 19.2 Å². The first kappa shape index (κ1) is 14.6. The Morgan fingerprint density at radius 1 is 1.35 bits per heavy atom. The highest BCUT2D eigenvalue weighted by atomic mass is 16.2. The number of carbonyl (C=O) groups excluding carboxylic acids is 2. The van der Waals surface area contributed by atoms with Gasteiger partial charge in [-0.3, -0.25) is 9.59 Å². The topological polar surface area (TPSA) is 49.4 Å². The third-order valence-corrected chi connectivity index (χ3v) is 3.58. The minimum absolute atomic E-state index is 0.00238. The van der Waals surface area contributed by atoms with Gasteiger partial charge < -0.3 is 10.2 Å². The number of hydrogen-bond donors (Lipinski definition) is 1. The predicted molar refractivity (Wildman–Crippen MR) is 79.4 cm³/mol. The molecule has 0 radical (unpaired) electrons. The number of nitrogens with one attached hydrogen (secondary N) is 1. The number of nitrogens with zero attached hydrogens (tertiary/aromatic N) is 1. The van der Waals surface area contributed by atoms with Crippen LogP contribution in [-0.2, 0) is 9.59 Å². The largest absolute Gasteiger partial charge is 0.356 e. The number of benzene rings is 1. The summed E-state index contributed by atoms with van der Waals surface area (Å²) in [5.41, 5.74) is 0.870. The quantitative estimate of drug-likeness (QED) is 0.895. The molecule has 0 saturated carbocycles. The van der Waals surface area contributed by atoms with Crippen molar-refractivity contribution in [1.82, 2.24) is 5.32 Å². The molecule has 1 aliphatic rings. The number of anilines is 1. The maximum absolute atomic E-state index is 12.1. The zero-order chi connectivity index (χ0) is 14.5. The molecule has 4 heteroatoms. The second kappa shape index (κ2) is 6.55. The van der Waals surface area contributed by atoms with Crippen molar-refractivity contribution in [1.29, 1.82) is 0 Å². The monoisotopic (exact) mass is 274 g/mol. The van der Waals surface area contributed by atoms with Gasteiger partial charge in [0, 0.05) is 25.2 Å². The second-order valence-electron chi connectivity index (χ2n) is 5.71. The normalized spacial score (nSPS) is 18.6. The van der Waals surface area contributed by atoms with E-state index >= 15 is 0 Å². The van der Waals surface area contributed by atoms with Crippen molar-refractivity contribution in [2.45, 2.75) is 26.7 Å². The molecule has 2 rings (SSSR count). The standard InChI is InChI=1S/C16H22N2O2/c1-12(2)8-9-17-16(20)13-10-15(19)18(11-13)14-6-4-3-5-7-14/h3-7,12-13H,8-11H2,1-2H3,(H,17,20)/t13-/m1/s1. The lowest BCUT2D eigenvalue weighted by Gasteiger charge is -2.16. The van der Waals surface area contributed by atoms with E-state index in [9.17, 15) is 9.59 Å². The minimum atomic E-state index is -0.227. The van der Waals surface area contributed by atoms with Gasteiger partial charge in [0.05, 0.1) is 5.92 Å². The van der Waals surface area contributed by atoms with Gasteiger partial charge in [0.1, 0.15) is 0 Å². The van der Waals surface area contributed by atoms with Gasteiger partial charge >= 0.3 is 0 Å². The first-order valence-electron chi connectivity index (χ1n) is 7.21. The Morgan fingerprint density at radius 3 is 2.70 bits per heavy atom. The van der Waals surface area contributed by atoms with Gasteiger partial charge in [0.15, 0.2) is 0 Å². The summed E-state index contributed by atoms with van der Waals surface area (Å²) in [6, 6.07) is 9.52. The molecule has 0 unspecified atom stereocenters.